The fourth-order valence-corrected chi connectivity index (χ4v) is 3.27. The molecule has 0 unspecified atom stereocenters. The molecule has 0 bridgehead atoms. The van der Waals surface area contributed by atoms with E-state index >= 15 is 0 Å². The van der Waals surface area contributed by atoms with Gasteiger partial charge in [-0.15, -0.1) is 11.3 Å². The van der Waals surface area contributed by atoms with Gasteiger partial charge in [0, 0.05) is 24.8 Å². The van der Waals surface area contributed by atoms with Crippen molar-refractivity contribution >= 4 is 27.4 Å². The molecule has 0 aromatic carbocycles. The molecular formula is C15H14N4O2S. The van der Waals surface area contributed by atoms with Gasteiger partial charge in [-0.1, -0.05) is 0 Å². The van der Waals surface area contributed by atoms with E-state index in [1.807, 2.05) is 23.6 Å². The van der Waals surface area contributed by atoms with Crippen molar-refractivity contribution in [3.63, 3.8) is 0 Å². The van der Waals surface area contributed by atoms with Gasteiger partial charge < -0.3 is 14.6 Å². The van der Waals surface area contributed by atoms with Crippen LogP contribution in [0.2, 0.25) is 0 Å². The molecule has 1 N–H and O–H groups in total. The summed E-state index contributed by atoms with van der Waals surface area (Å²) in [5, 5.41) is 1.88. The Bertz CT molecular complexity index is 867. The molecule has 1 aliphatic heterocycles. The minimum Gasteiger partial charge on any atom is -0.378 e. The molecule has 1 saturated heterocycles. The standard InChI is InChI=1S/C15H14N4O2S/c20-15-13-11(2-8-22-13)17-14(18-15)10-1-3-16-12(9-10)19-4-6-21-7-5-19/h1-3,8-9H,4-7H2,(H,17,18,20). The predicted octanol–water partition coefficient (Wildman–Crippen LogP) is 1.88. The van der Waals surface area contributed by atoms with Gasteiger partial charge >= 0.3 is 0 Å². The number of nitrogens with zero attached hydrogens (tertiary/aromatic N) is 3. The maximum Gasteiger partial charge on any atom is 0.269 e. The van der Waals surface area contributed by atoms with Gasteiger partial charge in [0.05, 0.1) is 18.7 Å². The lowest BCUT2D eigenvalue weighted by Crippen LogP contribution is -2.36. The van der Waals surface area contributed by atoms with Crippen LogP contribution in [0.25, 0.3) is 21.6 Å². The molecule has 112 valence electrons. The van der Waals surface area contributed by atoms with E-state index < -0.39 is 0 Å². The molecule has 3 aromatic heterocycles. The topological polar surface area (TPSA) is 71.1 Å². The summed E-state index contributed by atoms with van der Waals surface area (Å²) >= 11 is 1.40. The zero-order valence-corrected chi connectivity index (χ0v) is 12.6. The second-order valence-electron chi connectivity index (χ2n) is 5.05. The quantitative estimate of drug-likeness (QED) is 0.782. The number of H-pyrrole nitrogens is 1. The first-order valence-electron chi connectivity index (χ1n) is 7.08. The van der Waals surface area contributed by atoms with Crippen LogP contribution in [0.15, 0.2) is 34.6 Å². The average molecular weight is 314 g/mol. The summed E-state index contributed by atoms with van der Waals surface area (Å²) in [6, 6.07) is 5.69. The van der Waals surface area contributed by atoms with E-state index in [0.717, 1.165) is 30.0 Å². The van der Waals surface area contributed by atoms with Crippen LogP contribution >= 0.6 is 11.3 Å². The third kappa shape index (κ3) is 2.38. The van der Waals surface area contributed by atoms with Gasteiger partial charge in [-0.2, -0.15) is 0 Å². The molecule has 0 spiro atoms. The molecule has 6 nitrogen and oxygen atoms in total. The number of hydrogen-bond donors (Lipinski definition) is 1. The lowest BCUT2D eigenvalue weighted by atomic mass is 10.2. The molecule has 4 heterocycles. The molecule has 7 heteroatoms. The van der Waals surface area contributed by atoms with Gasteiger partial charge in [-0.05, 0) is 23.6 Å². The summed E-state index contributed by atoms with van der Waals surface area (Å²) in [6.45, 7) is 3.07. The van der Waals surface area contributed by atoms with Crippen molar-refractivity contribution in [1.29, 1.82) is 0 Å². The molecule has 22 heavy (non-hydrogen) atoms. The average Bonchev–Trinajstić information content (AvgIpc) is 3.05. The molecule has 0 radical (unpaired) electrons. The molecule has 3 aromatic rings. The van der Waals surface area contributed by atoms with Gasteiger partial charge in [0.25, 0.3) is 5.56 Å². The highest BCUT2D eigenvalue weighted by Crippen LogP contribution is 2.22. The summed E-state index contributed by atoms with van der Waals surface area (Å²) in [7, 11) is 0. The number of aromatic nitrogens is 3. The molecule has 4 rings (SSSR count). The van der Waals surface area contributed by atoms with Crippen molar-refractivity contribution in [2.75, 3.05) is 31.2 Å². The Morgan fingerprint density at radius 3 is 3.00 bits per heavy atom. The number of anilines is 1. The van der Waals surface area contributed by atoms with Crippen molar-refractivity contribution in [2.45, 2.75) is 0 Å². The van der Waals surface area contributed by atoms with E-state index in [1.54, 1.807) is 6.20 Å². The molecule has 1 aliphatic rings. The largest absolute Gasteiger partial charge is 0.378 e. The minimum absolute atomic E-state index is 0.0975. The zero-order chi connectivity index (χ0) is 14.9. The van der Waals surface area contributed by atoms with Crippen LogP contribution in [-0.2, 0) is 4.74 Å². The number of thiophene rings is 1. The van der Waals surface area contributed by atoms with Gasteiger partial charge in [0.15, 0.2) is 0 Å². The van der Waals surface area contributed by atoms with Crippen molar-refractivity contribution < 1.29 is 4.74 Å². The zero-order valence-electron chi connectivity index (χ0n) is 11.8. The Balaban J connectivity index is 1.76. The Kier molecular flexibility index (Phi) is 3.36. The van der Waals surface area contributed by atoms with Crippen molar-refractivity contribution in [3.05, 3.63) is 40.1 Å². The highest BCUT2D eigenvalue weighted by Gasteiger charge is 2.14. The fourth-order valence-electron chi connectivity index (χ4n) is 2.54. The maximum atomic E-state index is 12.1. The van der Waals surface area contributed by atoms with Gasteiger partial charge in [0.1, 0.15) is 16.3 Å². The number of fused-ring (bicyclic) bond motifs is 1. The van der Waals surface area contributed by atoms with Gasteiger partial charge in [0.2, 0.25) is 0 Å². The third-order valence-electron chi connectivity index (χ3n) is 3.67. The molecule has 0 amide bonds. The van der Waals surface area contributed by atoms with Crippen molar-refractivity contribution in [2.24, 2.45) is 0 Å². The number of morpholine rings is 1. The van der Waals surface area contributed by atoms with Gasteiger partial charge in [-0.25, -0.2) is 9.97 Å². The molecule has 0 aliphatic carbocycles. The summed E-state index contributed by atoms with van der Waals surface area (Å²) < 4.78 is 6.02. The monoisotopic (exact) mass is 314 g/mol. The summed E-state index contributed by atoms with van der Waals surface area (Å²) in [6.07, 6.45) is 1.75. The lowest BCUT2D eigenvalue weighted by Gasteiger charge is -2.27. The number of nitrogens with one attached hydrogen (secondary N) is 1. The van der Waals surface area contributed by atoms with Gasteiger partial charge in [-0.3, -0.25) is 4.79 Å². The van der Waals surface area contributed by atoms with E-state index in [-0.39, 0.29) is 5.56 Å². The first-order valence-corrected chi connectivity index (χ1v) is 7.96. The predicted molar refractivity (Wildman–Crippen MR) is 86.5 cm³/mol. The Morgan fingerprint density at radius 2 is 2.14 bits per heavy atom. The van der Waals surface area contributed by atoms with Crippen LogP contribution in [0, 0.1) is 0 Å². The lowest BCUT2D eigenvalue weighted by molar-refractivity contribution is 0.122. The Labute approximate surface area is 130 Å². The second-order valence-corrected chi connectivity index (χ2v) is 5.97. The minimum atomic E-state index is -0.0975. The SMILES string of the molecule is O=c1[nH]c(-c2ccnc(N3CCOCC3)c2)nc2ccsc12. The fraction of sp³-hybridized carbons (Fsp3) is 0.267. The van der Waals surface area contributed by atoms with Crippen LogP contribution in [-0.4, -0.2) is 41.3 Å². The highest BCUT2D eigenvalue weighted by atomic mass is 32.1. The summed E-state index contributed by atoms with van der Waals surface area (Å²) in [4.78, 5) is 26.1. The van der Waals surface area contributed by atoms with E-state index in [1.165, 1.54) is 11.3 Å². The van der Waals surface area contributed by atoms with E-state index in [9.17, 15) is 4.79 Å². The van der Waals surface area contributed by atoms with Crippen LogP contribution in [0.5, 0.6) is 0 Å². The van der Waals surface area contributed by atoms with Crippen molar-refractivity contribution in [1.82, 2.24) is 15.0 Å². The van der Waals surface area contributed by atoms with E-state index in [2.05, 4.69) is 19.9 Å². The molecule has 0 atom stereocenters. The molecule has 0 saturated carbocycles. The van der Waals surface area contributed by atoms with Crippen molar-refractivity contribution in [3.8, 4) is 11.4 Å². The second kappa shape index (κ2) is 5.51. The highest BCUT2D eigenvalue weighted by molar-refractivity contribution is 7.17. The van der Waals surface area contributed by atoms with Crippen LogP contribution in [0.4, 0.5) is 5.82 Å². The maximum absolute atomic E-state index is 12.1. The van der Waals surface area contributed by atoms with E-state index in [4.69, 9.17) is 4.74 Å². The number of ether oxygens (including phenoxy) is 1. The smallest absolute Gasteiger partial charge is 0.269 e. The normalized spacial score (nSPS) is 15.4. The van der Waals surface area contributed by atoms with Crippen LogP contribution in [0.3, 0.4) is 0 Å². The summed E-state index contributed by atoms with van der Waals surface area (Å²) in [5.41, 5.74) is 1.50. The number of pyridine rings is 1. The molecular weight excluding hydrogens is 300 g/mol. The number of aromatic amines is 1. The number of rotatable bonds is 2. The van der Waals surface area contributed by atoms with E-state index in [0.29, 0.717) is 23.7 Å². The van der Waals surface area contributed by atoms with Crippen LogP contribution in [0.1, 0.15) is 0 Å². The first kappa shape index (κ1) is 13.4. The Hall–Kier alpha value is -2.25. The third-order valence-corrected chi connectivity index (χ3v) is 4.57. The Morgan fingerprint density at radius 1 is 1.27 bits per heavy atom. The molecule has 1 fully saturated rings. The number of hydrogen-bond acceptors (Lipinski definition) is 6. The first-order chi connectivity index (χ1) is 10.8. The summed E-state index contributed by atoms with van der Waals surface area (Å²) in [5.74, 6) is 1.46. The van der Waals surface area contributed by atoms with Crippen LogP contribution < -0.4 is 10.5 Å².